The number of para-hydroxylation sites is 1. The van der Waals surface area contributed by atoms with Gasteiger partial charge >= 0.3 is 0 Å². The van der Waals surface area contributed by atoms with E-state index in [9.17, 15) is 9.59 Å². The standard InChI is InChI=1S/C26H27N3O3/c1-32-23-13-6-5-11-21(23)26(31)29-17-14-20(15-18-29)25(30)28-24(19-9-3-2-4-10-19)22-12-7-8-16-27-22/h2-13,16,20,24H,14-15,17-18H2,1H3,(H,28,30). The first kappa shape index (κ1) is 21.6. The molecule has 1 aliphatic heterocycles. The van der Waals surface area contributed by atoms with Gasteiger partial charge in [-0.3, -0.25) is 14.6 Å². The Labute approximate surface area is 188 Å². The van der Waals surface area contributed by atoms with Gasteiger partial charge in [-0.25, -0.2) is 0 Å². The van der Waals surface area contributed by atoms with Crippen LogP contribution in [0.4, 0.5) is 0 Å². The fourth-order valence-corrected chi connectivity index (χ4v) is 4.12. The first-order valence-corrected chi connectivity index (χ1v) is 10.9. The van der Waals surface area contributed by atoms with Gasteiger partial charge in [0.2, 0.25) is 5.91 Å². The van der Waals surface area contributed by atoms with Crippen molar-refractivity contribution in [2.45, 2.75) is 18.9 Å². The molecule has 0 radical (unpaired) electrons. The Morgan fingerprint density at radius 2 is 1.66 bits per heavy atom. The Hall–Kier alpha value is -3.67. The molecule has 1 N–H and O–H groups in total. The molecule has 1 aliphatic rings. The van der Waals surface area contributed by atoms with Crippen molar-refractivity contribution in [2.75, 3.05) is 20.2 Å². The van der Waals surface area contributed by atoms with Gasteiger partial charge in [0.1, 0.15) is 5.75 Å². The molecule has 0 bridgehead atoms. The van der Waals surface area contributed by atoms with E-state index in [2.05, 4.69) is 10.3 Å². The predicted octanol–water partition coefficient (Wildman–Crippen LogP) is 3.85. The lowest BCUT2D eigenvalue weighted by molar-refractivity contribution is -0.126. The van der Waals surface area contributed by atoms with Crippen LogP contribution in [0.25, 0.3) is 0 Å². The Bertz CT molecular complexity index is 1010. The molecule has 2 aromatic carbocycles. The number of hydrogen-bond acceptors (Lipinski definition) is 4. The number of aromatic nitrogens is 1. The molecule has 0 spiro atoms. The Morgan fingerprint density at radius 1 is 0.969 bits per heavy atom. The van der Waals surface area contributed by atoms with Crippen molar-refractivity contribution in [3.63, 3.8) is 0 Å². The van der Waals surface area contributed by atoms with Crippen molar-refractivity contribution in [3.8, 4) is 5.75 Å². The lowest BCUT2D eigenvalue weighted by Gasteiger charge is -2.32. The molecule has 1 atom stereocenters. The van der Waals surface area contributed by atoms with Crippen LogP contribution in [0.2, 0.25) is 0 Å². The molecule has 0 saturated carbocycles. The molecule has 3 aromatic rings. The second-order valence-electron chi connectivity index (χ2n) is 7.87. The van der Waals surface area contributed by atoms with Gasteiger partial charge in [0.15, 0.2) is 0 Å². The number of benzene rings is 2. The summed E-state index contributed by atoms with van der Waals surface area (Å²) in [7, 11) is 1.56. The van der Waals surface area contributed by atoms with Crippen molar-refractivity contribution >= 4 is 11.8 Å². The first-order chi connectivity index (χ1) is 15.7. The molecule has 6 nitrogen and oxygen atoms in total. The van der Waals surface area contributed by atoms with Crippen molar-refractivity contribution in [1.29, 1.82) is 0 Å². The molecule has 1 saturated heterocycles. The van der Waals surface area contributed by atoms with E-state index in [0.717, 1.165) is 11.3 Å². The highest BCUT2D eigenvalue weighted by atomic mass is 16.5. The van der Waals surface area contributed by atoms with Gasteiger partial charge in [-0.05, 0) is 42.7 Å². The summed E-state index contributed by atoms with van der Waals surface area (Å²) >= 11 is 0. The van der Waals surface area contributed by atoms with Crippen molar-refractivity contribution < 1.29 is 14.3 Å². The number of nitrogens with one attached hydrogen (secondary N) is 1. The molecule has 0 aliphatic carbocycles. The van der Waals surface area contributed by atoms with Gasteiger partial charge in [0, 0.05) is 25.2 Å². The summed E-state index contributed by atoms with van der Waals surface area (Å²) in [4.78, 5) is 32.3. The molecule has 164 valence electrons. The predicted molar refractivity (Wildman–Crippen MR) is 122 cm³/mol. The molecule has 4 rings (SSSR count). The molecular weight excluding hydrogens is 402 g/mol. The zero-order valence-electron chi connectivity index (χ0n) is 18.1. The number of pyridine rings is 1. The number of carbonyl (C=O) groups is 2. The maximum atomic E-state index is 13.1. The zero-order chi connectivity index (χ0) is 22.3. The molecule has 1 fully saturated rings. The molecule has 1 unspecified atom stereocenters. The van der Waals surface area contributed by atoms with Gasteiger partial charge in [-0.1, -0.05) is 48.5 Å². The average Bonchev–Trinajstić information content (AvgIpc) is 2.87. The second kappa shape index (κ2) is 10.1. The van der Waals surface area contributed by atoms with Gasteiger partial charge < -0.3 is 15.0 Å². The van der Waals surface area contributed by atoms with Crippen LogP contribution in [0.5, 0.6) is 5.75 Å². The number of likely N-dealkylation sites (tertiary alicyclic amines) is 1. The highest BCUT2D eigenvalue weighted by Crippen LogP contribution is 2.26. The molecular formula is C26H27N3O3. The van der Waals surface area contributed by atoms with Crippen LogP contribution in [-0.4, -0.2) is 41.9 Å². The summed E-state index contributed by atoms with van der Waals surface area (Å²) in [6.07, 6.45) is 2.98. The summed E-state index contributed by atoms with van der Waals surface area (Å²) in [6, 6.07) is 22.5. The maximum Gasteiger partial charge on any atom is 0.257 e. The Balaban J connectivity index is 1.42. The smallest absolute Gasteiger partial charge is 0.257 e. The number of amides is 2. The van der Waals surface area contributed by atoms with Gasteiger partial charge in [0.05, 0.1) is 24.4 Å². The summed E-state index contributed by atoms with van der Waals surface area (Å²) in [5.41, 5.74) is 2.34. The number of nitrogens with zero attached hydrogens (tertiary/aromatic N) is 2. The number of ether oxygens (including phenoxy) is 1. The van der Waals surface area contributed by atoms with E-state index in [1.807, 2.05) is 60.7 Å². The summed E-state index contributed by atoms with van der Waals surface area (Å²) in [5, 5.41) is 3.19. The SMILES string of the molecule is COc1ccccc1C(=O)N1CCC(C(=O)NC(c2ccccc2)c2ccccn2)CC1. The van der Waals surface area contributed by atoms with Crippen LogP contribution in [0.3, 0.4) is 0 Å². The van der Waals surface area contributed by atoms with Crippen LogP contribution < -0.4 is 10.1 Å². The number of carbonyl (C=O) groups excluding carboxylic acids is 2. The maximum absolute atomic E-state index is 13.1. The van der Waals surface area contributed by atoms with Gasteiger partial charge in [-0.15, -0.1) is 0 Å². The van der Waals surface area contributed by atoms with E-state index in [0.29, 0.717) is 37.2 Å². The second-order valence-corrected chi connectivity index (χ2v) is 7.87. The number of piperidine rings is 1. The molecule has 6 heteroatoms. The monoisotopic (exact) mass is 429 g/mol. The molecule has 2 heterocycles. The van der Waals surface area contributed by atoms with E-state index in [1.54, 1.807) is 30.3 Å². The minimum atomic E-state index is -0.307. The normalized spacial score (nSPS) is 15.1. The number of methoxy groups -OCH3 is 1. The Morgan fingerprint density at radius 3 is 2.34 bits per heavy atom. The van der Waals surface area contributed by atoms with E-state index < -0.39 is 0 Å². The lowest BCUT2D eigenvalue weighted by Crippen LogP contribution is -2.44. The van der Waals surface area contributed by atoms with Gasteiger partial charge in [0.25, 0.3) is 5.91 Å². The van der Waals surface area contributed by atoms with Crippen molar-refractivity contribution in [2.24, 2.45) is 5.92 Å². The van der Waals surface area contributed by atoms with Crippen LogP contribution in [0.15, 0.2) is 79.0 Å². The quantitative estimate of drug-likeness (QED) is 0.646. The van der Waals surface area contributed by atoms with E-state index in [-0.39, 0.29) is 23.8 Å². The lowest BCUT2D eigenvalue weighted by atomic mass is 9.94. The molecule has 2 amide bonds. The third kappa shape index (κ3) is 4.80. The fourth-order valence-electron chi connectivity index (χ4n) is 4.12. The van der Waals surface area contributed by atoms with E-state index >= 15 is 0 Å². The minimum Gasteiger partial charge on any atom is -0.496 e. The van der Waals surface area contributed by atoms with E-state index in [1.165, 1.54) is 0 Å². The number of rotatable bonds is 6. The molecule has 32 heavy (non-hydrogen) atoms. The van der Waals surface area contributed by atoms with Crippen LogP contribution >= 0.6 is 0 Å². The highest BCUT2D eigenvalue weighted by Gasteiger charge is 2.30. The van der Waals surface area contributed by atoms with Crippen molar-refractivity contribution in [1.82, 2.24) is 15.2 Å². The Kier molecular flexibility index (Phi) is 6.80. The largest absolute Gasteiger partial charge is 0.496 e. The minimum absolute atomic E-state index is 0.00565. The summed E-state index contributed by atoms with van der Waals surface area (Å²) in [5.74, 6) is 0.357. The fraction of sp³-hybridized carbons (Fsp3) is 0.269. The average molecular weight is 430 g/mol. The van der Waals surface area contributed by atoms with Crippen LogP contribution in [0, 0.1) is 5.92 Å². The topological polar surface area (TPSA) is 71.5 Å². The first-order valence-electron chi connectivity index (χ1n) is 10.9. The molecule has 1 aromatic heterocycles. The summed E-state index contributed by atoms with van der Waals surface area (Å²) < 4.78 is 5.33. The third-order valence-corrected chi connectivity index (χ3v) is 5.89. The zero-order valence-corrected chi connectivity index (χ0v) is 18.1. The number of hydrogen-bond donors (Lipinski definition) is 1. The van der Waals surface area contributed by atoms with Crippen LogP contribution in [0.1, 0.15) is 40.5 Å². The highest BCUT2D eigenvalue weighted by molar-refractivity contribution is 5.97. The van der Waals surface area contributed by atoms with E-state index in [4.69, 9.17) is 4.74 Å². The summed E-state index contributed by atoms with van der Waals surface area (Å²) in [6.45, 7) is 1.07. The van der Waals surface area contributed by atoms with Crippen LogP contribution in [-0.2, 0) is 4.79 Å². The third-order valence-electron chi connectivity index (χ3n) is 5.89. The van der Waals surface area contributed by atoms with Gasteiger partial charge in [-0.2, -0.15) is 0 Å². The van der Waals surface area contributed by atoms with Crippen molar-refractivity contribution in [3.05, 3.63) is 95.8 Å².